The molecular formula is C64H110O6. The van der Waals surface area contributed by atoms with Crippen LogP contribution in [0.1, 0.15) is 284 Å². The van der Waals surface area contributed by atoms with E-state index >= 15 is 0 Å². The molecule has 0 rings (SSSR count). The number of carbonyl (C=O) groups is 3. The molecule has 0 aliphatic rings. The third-order valence-corrected chi connectivity index (χ3v) is 12.7. The van der Waals surface area contributed by atoms with Crippen molar-refractivity contribution in [2.75, 3.05) is 13.2 Å². The molecule has 0 amide bonds. The van der Waals surface area contributed by atoms with Gasteiger partial charge in [-0.25, -0.2) is 0 Å². The zero-order valence-corrected chi connectivity index (χ0v) is 46.0. The fourth-order valence-corrected chi connectivity index (χ4v) is 8.25. The highest BCUT2D eigenvalue weighted by Gasteiger charge is 2.19. The van der Waals surface area contributed by atoms with E-state index in [9.17, 15) is 14.4 Å². The van der Waals surface area contributed by atoms with Crippen molar-refractivity contribution in [1.82, 2.24) is 0 Å². The Kier molecular flexibility index (Phi) is 55.3. The molecule has 0 saturated carbocycles. The first-order valence-electron chi connectivity index (χ1n) is 29.6. The molecule has 70 heavy (non-hydrogen) atoms. The predicted octanol–water partition coefficient (Wildman–Crippen LogP) is 19.9. The van der Waals surface area contributed by atoms with Crippen LogP contribution in [0.5, 0.6) is 0 Å². The van der Waals surface area contributed by atoms with Crippen LogP contribution in [0.3, 0.4) is 0 Å². The molecule has 0 aliphatic heterocycles. The first kappa shape index (κ1) is 66.6. The summed E-state index contributed by atoms with van der Waals surface area (Å²) in [6.45, 7) is 6.45. The van der Waals surface area contributed by atoms with Gasteiger partial charge in [0, 0.05) is 19.3 Å². The van der Waals surface area contributed by atoms with Gasteiger partial charge >= 0.3 is 17.9 Å². The highest BCUT2D eigenvalue weighted by atomic mass is 16.6. The number of carbonyl (C=O) groups excluding carboxylic acids is 3. The predicted molar refractivity (Wildman–Crippen MR) is 302 cm³/mol. The van der Waals surface area contributed by atoms with Crippen LogP contribution in [0.2, 0.25) is 0 Å². The summed E-state index contributed by atoms with van der Waals surface area (Å²) in [5.74, 6) is -0.907. The molecule has 0 N–H and O–H groups in total. The second-order valence-electron chi connectivity index (χ2n) is 19.5. The third-order valence-electron chi connectivity index (χ3n) is 12.7. The Hall–Kier alpha value is -3.41. The molecule has 0 bridgehead atoms. The maximum absolute atomic E-state index is 12.8. The Morgan fingerprint density at radius 1 is 0.300 bits per heavy atom. The molecule has 0 aromatic heterocycles. The SMILES string of the molecule is CC/C=C\C/C=C\C/C=C\C/C=C\C/C=C\C/C=C\C/C=C\CCCCCCCC(=O)OCC(COC(=O)CCCCCCC)OC(=O)CCCCCCCCCCCCCCCCCCCCCC. The van der Waals surface area contributed by atoms with Crippen LogP contribution in [-0.4, -0.2) is 37.2 Å². The second-order valence-corrected chi connectivity index (χ2v) is 19.5. The Morgan fingerprint density at radius 2 is 0.557 bits per heavy atom. The minimum Gasteiger partial charge on any atom is -0.462 e. The van der Waals surface area contributed by atoms with E-state index in [1.54, 1.807) is 0 Å². The Bertz CT molecular complexity index is 1350. The van der Waals surface area contributed by atoms with Gasteiger partial charge in [0.15, 0.2) is 6.10 Å². The number of rotatable bonds is 53. The van der Waals surface area contributed by atoms with Gasteiger partial charge in [0.1, 0.15) is 13.2 Å². The van der Waals surface area contributed by atoms with Crippen molar-refractivity contribution in [2.45, 2.75) is 290 Å². The lowest BCUT2D eigenvalue weighted by atomic mass is 10.0. The molecule has 0 aliphatic carbocycles. The maximum atomic E-state index is 12.8. The Balaban J connectivity index is 4.13. The lowest BCUT2D eigenvalue weighted by molar-refractivity contribution is -0.167. The highest BCUT2D eigenvalue weighted by Crippen LogP contribution is 2.16. The molecule has 0 saturated heterocycles. The molecule has 0 spiro atoms. The van der Waals surface area contributed by atoms with Gasteiger partial charge in [-0.2, -0.15) is 0 Å². The first-order valence-corrected chi connectivity index (χ1v) is 29.6. The maximum Gasteiger partial charge on any atom is 0.306 e. The van der Waals surface area contributed by atoms with E-state index in [0.29, 0.717) is 19.3 Å². The van der Waals surface area contributed by atoms with Crippen LogP contribution in [-0.2, 0) is 28.6 Å². The van der Waals surface area contributed by atoms with Crippen LogP contribution in [0.25, 0.3) is 0 Å². The van der Waals surface area contributed by atoms with Crippen LogP contribution < -0.4 is 0 Å². The van der Waals surface area contributed by atoms with Crippen molar-refractivity contribution in [1.29, 1.82) is 0 Å². The molecule has 6 nitrogen and oxygen atoms in total. The summed E-state index contributed by atoms with van der Waals surface area (Å²) in [5, 5.41) is 0. The van der Waals surface area contributed by atoms with Crippen LogP contribution in [0.4, 0.5) is 0 Å². The fraction of sp³-hybridized carbons (Fsp3) is 0.734. The summed E-state index contributed by atoms with van der Waals surface area (Å²) < 4.78 is 16.7. The van der Waals surface area contributed by atoms with Gasteiger partial charge in [-0.1, -0.05) is 273 Å². The Labute approximate surface area is 433 Å². The van der Waals surface area contributed by atoms with E-state index in [4.69, 9.17) is 14.2 Å². The van der Waals surface area contributed by atoms with Crippen molar-refractivity contribution in [3.05, 3.63) is 85.1 Å². The van der Waals surface area contributed by atoms with Crippen molar-refractivity contribution in [3.63, 3.8) is 0 Å². The van der Waals surface area contributed by atoms with E-state index in [1.165, 1.54) is 116 Å². The summed E-state index contributed by atoms with van der Waals surface area (Å²) in [6, 6.07) is 0. The summed E-state index contributed by atoms with van der Waals surface area (Å²) in [5.41, 5.74) is 0. The van der Waals surface area contributed by atoms with Gasteiger partial charge in [-0.05, 0) is 77.0 Å². The number of hydrogen-bond acceptors (Lipinski definition) is 6. The van der Waals surface area contributed by atoms with E-state index < -0.39 is 6.10 Å². The van der Waals surface area contributed by atoms with Gasteiger partial charge in [0.25, 0.3) is 0 Å². The van der Waals surface area contributed by atoms with Crippen molar-refractivity contribution in [3.8, 4) is 0 Å². The van der Waals surface area contributed by atoms with E-state index in [2.05, 4.69) is 106 Å². The average Bonchev–Trinajstić information content (AvgIpc) is 3.36. The fourth-order valence-electron chi connectivity index (χ4n) is 8.25. The topological polar surface area (TPSA) is 78.9 Å². The number of hydrogen-bond donors (Lipinski definition) is 0. The Morgan fingerprint density at radius 3 is 0.871 bits per heavy atom. The van der Waals surface area contributed by atoms with E-state index in [-0.39, 0.29) is 31.1 Å². The molecule has 0 fully saturated rings. The lowest BCUT2D eigenvalue weighted by Gasteiger charge is -2.18. The van der Waals surface area contributed by atoms with E-state index in [1.807, 2.05) is 0 Å². The molecule has 6 heteroatoms. The van der Waals surface area contributed by atoms with Gasteiger partial charge in [0.2, 0.25) is 0 Å². The third kappa shape index (κ3) is 55.5. The van der Waals surface area contributed by atoms with Crippen molar-refractivity contribution in [2.24, 2.45) is 0 Å². The molecule has 0 radical (unpaired) electrons. The van der Waals surface area contributed by atoms with Gasteiger partial charge in [0.05, 0.1) is 0 Å². The van der Waals surface area contributed by atoms with Crippen LogP contribution in [0.15, 0.2) is 85.1 Å². The highest BCUT2D eigenvalue weighted by molar-refractivity contribution is 5.71. The molecule has 0 heterocycles. The number of esters is 3. The minimum absolute atomic E-state index is 0.0814. The molecule has 1 unspecified atom stereocenters. The monoisotopic (exact) mass is 975 g/mol. The molecule has 402 valence electrons. The summed E-state index contributed by atoms with van der Waals surface area (Å²) in [6.07, 6.45) is 76.2. The number of unbranched alkanes of at least 4 members (excludes halogenated alkanes) is 28. The smallest absolute Gasteiger partial charge is 0.306 e. The second kappa shape index (κ2) is 58.2. The summed E-state index contributed by atoms with van der Waals surface area (Å²) in [4.78, 5) is 37.8. The van der Waals surface area contributed by atoms with Crippen LogP contribution >= 0.6 is 0 Å². The average molecular weight is 976 g/mol. The van der Waals surface area contributed by atoms with Crippen molar-refractivity contribution < 1.29 is 28.6 Å². The molecule has 0 aromatic rings. The first-order chi connectivity index (χ1) is 34.5. The van der Waals surface area contributed by atoms with Gasteiger partial charge in [-0.15, -0.1) is 0 Å². The minimum atomic E-state index is -0.780. The number of ether oxygens (including phenoxy) is 3. The van der Waals surface area contributed by atoms with Gasteiger partial charge < -0.3 is 14.2 Å². The summed E-state index contributed by atoms with van der Waals surface area (Å²) >= 11 is 0. The summed E-state index contributed by atoms with van der Waals surface area (Å²) in [7, 11) is 0. The largest absolute Gasteiger partial charge is 0.462 e. The normalized spacial score (nSPS) is 12.7. The molecular weight excluding hydrogens is 865 g/mol. The zero-order chi connectivity index (χ0) is 50.7. The lowest BCUT2D eigenvalue weighted by Crippen LogP contribution is -2.30. The van der Waals surface area contributed by atoms with Crippen LogP contribution in [0, 0.1) is 0 Å². The van der Waals surface area contributed by atoms with Crippen molar-refractivity contribution >= 4 is 17.9 Å². The molecule has 0 aromatic carbocycles. The zero-order valence-electron chi connectivity index (χ0n) is 46.0. The molecule has 1 atom stereocenters. The standard InChI is InChI=1S/C64H110O6/c1-4-7-10-13-15-17-19-21-23-25-27-29-30-31-32-33-34-35-37-38-40-42-44-46-48-51-54-57-63(66)69-60-61(59-68-62(65)56-53-50-12-9-6-3)70-64(67)58-55-52-49-47-45-43-41-39-36-28-26-24-22-20-18-16-14-11-8-5-2/h7,10,15,17,21,23,27,29,31-32,34-35,38,40,61H,4-6,8-9,11-14,16,18-20,22,24-26,28,30,33,36-37,39,41-60H2,1-3H3/b10-7-,17-15-,23-21-,29-27-,32-31-,35-34-,40-38-. The van der Waals surface area contributed by atoms with E-state index in [0.717, 1.165) is 128 Å². The quantitative estimate of drug-likeness (QED) is 0.0261. The number of allylic oxidation sites excluding steroid dienone is 14. The van der Waals surface area contributed by atoms with Gasteiger partial charge in [-0.3, -0.25) is 14.4 Å².